The van der Waals surface area contributed by atoms with Gasteiger partial charge < -0.3 is 35.8 Å². The third kappa shape index (κ3) is 16.0. The zero-order valence-corrected chi connectivity index (χ0v) is 39.5. The van der Waals surface area contributed by atoms with Gasteiger partial charge in [0.1, 0.15) is 6.10 Å². The number of allylic oxidation sites excluding steroid dienone is 1. The topological polar surface area (TPSA) is 226 Å². The number of amides is 2. The van der Waals surface area contributed by atoms with Gasteiger partial charge in [0.25, 0.3) is 0 Å². The van der Waals surface area contributed by atoms with Crippen molar-refractivity contribution in [2.75, 3.05) is 72.0 Å². The molecule has 64 heavy (non-hydrogen) atoms. The number of aliphatic carboxylic acids is 4. The van der Waals surface area contributed by atoms with Crippen molar-refractivity contribution in [3.05, 3.63) is 11.6 Å². The molecule has 0 aliphatic heterocycles. The zero-order valence-electron chi connectivity index (χ0n) is 39.5. The number of ether oxygens (including phenoxy) is 1. The van der Waals surface area contributed by atoms with Crippen LogP contribution in [0.5, 0.6) is 0 Å². The van der Waals surface area contributed by atoms with Gasteiger partial charge in [0, 0.05) is 45.7 Å². The Morgan fingerprint density at radius 1 is 0.672 bits per heavy atom. The molecule has 0 unspecified atom stereocenters. The Balaban J connectivity index is 1.11. The average Bonchev–Trinajstić information content (AvgIpc) is 3.56. The highest BCUT2D eigenvalue weighted by Crippen LogP contribution is 2.67. The van der Waals surface area contributed by atoms with E-state index in [-0.39, 0.29) is 56.2 Å². The maximum atomic E-state index is 12.8. The molecule has 364 valence electrons. The lowest BCUT2D eigenvalue weighted by molar-refractivity contribution is -0.143. The van der Waals surface area contributed by atoms with E-state index in [2.05, 4.69) is 51.3 Å². The predicted octanol–water partition coefficient (Wildman–Crippen LogP) is 6.04. The molecule has 4 aliphatic carbocycles. The Kier molecular flexibility index (Phi) is 20.8. The first kappa shape index (κ1) is 52.9. The summed E-state index contributed by atoms with van der Waals surface area (Å²) in [7, 11) is 0. The molecule has 8 atom stereocenters. The van der Waals surface area contributed by atoms with E-state index in [9.17, 15) is 39.0 Å². The second kappa shape index (κ2) is 25.2. The van der Waals surface area contributed by atoms with E-state index in [4.69, 9.17) is 14.9 Å². The monoisotopic (exact) mass is 904 g/mol. The molecule has 2 amide bonds. The van der Waals surface area contributed by atoms with Crippen LogP contribution < -0.4 is 10.6 Å². The first-order valence-corrected chi connectivity index (χ1v) is 24.3. The minimum atomic E-state index is -1.23. The lowest BCUT2D eigenvalue weighted by Gasteiger charge is -2.58. The lowest BCUT2D eigenvalue weighted by Crippen LogP contribution is -2.51. The number of hydrogen-bond acceptors (Lipinski definition) is 10. The molecular formula is C48H81N5O11. The second-order valence-corrected chi connectivity index (χ2v) is 20.5. The molecule has 4 aliphatic rings. The van der Waals surface area contributed by atoms with E-state index in [0.717, 1.165) is 78.9 Å². The molecule has 0 heterocycles. The standard InChI is InChI=1S/C48H81N5O11/c1-33(2)11-10-12-34(3)38-15-16-39-37-14-13-35-27-36(17-19-47(35,4)40(37)18-20-48(38,39)5)64-46(63)50-22-9-7-6-8-21-49-41(54)28-52(30-43(57)58)25-23-51(29-42(55)56)24-26-53(31-44(59)60)32-45(61)62/h13,33-34,36-40H,6-12,14-32H2,1-5H3,(H,49,54)(H,50,63)(H,55,56)(H,57,58)(H,59,60)(H,61,62)/t34-,36+,37+,38-,39+,40+,47+,48-/m1/s1. The van der Waals surface area contributed by atoms with Crippen LogP contribution in [-0.2, 0) is 28.7 Å². The molecule has 0 spiro atoms. The largest absolute Gasteiger partial charge is 0.480 e. The Bertz CT molecular complexity index is 1590. The summed E-state index contributed by atoms with van der Waals surface area (Å²) in [6, 6.07) is 0. The van der Waals surface area contributed by atoms with Crippen LogP contribution in [0.2, 0.25) is 0 Å². The average molecular weight is 904 g/mol. The van der Waals surface area contributed by atoms with Crippen molar-refractivity contribution in [1.82, 2.24) is 25.3 Å². The number of carbonyl (C=O) groups is 6. The first-order chi connectivity index (χ1) is 30.3. The van der Waals surface area contributed by atoms with Crippen LogP contribution in [0.15, 0.2) is 11.6 Å². The fraction of sp³-hybridized carbons (Fsp3) is 0.833. The molecule has 16 heteroatoms. The van der Waals surface area contributed by atoms with Gasteiger partial charge in [0.05, 0.1) is 32.7 Å². The molecule has 3 fully saturated rings. The number of carbonyl (C=O) groups excluding carboxylic acids is 2. The van der Waals surface area contributed by atoms with Crippen LogP contribution >= 0.6 is 0 Å². The summed E-state index contributed by atoms with van der Waals surface area (Å²) in [5.41, 5.74) is 2.18. The molecule has 4 rings (SSSR count). The molecule has 0 aromatic heterocycles. The van der Waals surface area contributed by atoms with Gasteiger partial charge in [-0.15, -0.1) is 0 Å². The number of rotatable bonds is 29. The number of carboxylic acid groups (broad SMARTS) is 4. The van der Waals surface area contributed by atoms with E-state index in [0.29, 0.717) is 24.9 Å². The SMILES string of the molecule is CC(C)CCC[C@@H](C)[C@H]1CC[C@H]2[C@@H]3CC=C4C[C@@H](OC(=O)NCCCCCCNC(=O)CN(CCN(CCN(CC(=O)O)CC(=O)O)CC(=O)O)CC(=O)O)CC[C@]4(C)[C@H]3CC[C@]12C. The first-order valence-electron chi connectivity index (χ1n) is 24.3. The Hall–Kier alpha value is -3.76. The van der Waals surface area contributed by atoms with Crippen LogP contribution in [0.25, 0.3) is 0 Å². The molecule has 0 aromatic rings. The van der Waals surface area contributed by atoms with Gasteiger partial charge in [-0.2, -0.15) is 0 Å². The number of fused-ring (bicyclic) bond motifs is 5. The van der Waals surface area contributed by atoms with Crippen molar-refractivity contribution in [2.45, 2.75) is 137 Å². The number of carboxylic acids is 4. The van der Waals surface area contributed by atoms with E-state index >= 15 is 0 Å². The molecule has 3 saturated carbocycles. The molecule has 0 aromatic carbocycles. The number of nitrogens with one attached hydrogen (secondary N) is 2. The summed E-state index contributed by atoms with van der Waals surface area (Å²) >= 11 is 0. The highest BCUT2D eigenvalue weighted by atomic mass is 16.6. The van der Waals surface area contributed by atoms with Crippen molar-refractivity contribution >= 4 is 35.9 Å². The smallest absolute Gasteiger partial charge is 0.407 e. The zero-order chi connectivity index (χ0) is 47.0. The molecule has 0 bridgehead atoms. The third-order valence-corrected chi connectivity index (χ3v) is 15.5. The summed E-state index contributed by atoms with van der Waals surface area (Å²) in [4.78, 5) is 74.7. The lowest BCUT2D eigenvalue weighted by atomic mass is 9.47. The van der Waals surface area contributed by atoms with Crippen LogP contribution in [0.4, 0.5) is 4.79 Å². The number of unbranched alkanes of at least 4 members (excludes halogenated alkanes) is 3. The number of hydrogen-bond donors (Lipinski definition) is 6. The van der Waals surface area contributed by atoms with E-state index in [1.54, 1.807) is 0 Å². The predicted molar refractivity (Wildman–Crippen MR) is 243 cm³/mol. The Morgan fingerprint density at radius 3 is 1.83 bits per heavy atom. The summed E-state index contributed by atoms with van der Waals surface area (Å²) in [6.07, 6.45) is 18.7. The van der Waals surface area contributed by atoms with Crippen molar-refractivity contribution in [2.24, 2.45) is 46.3 Å². The molecule has 6 N–H and O–H groups in total. The highest BCUT2D eigenvalue weighted by molar-refractivity contribution is 5.79. The molecular weight excluding hydrogens is 823 g/mol. The normalized spacial score (nSPS) is 26.8. The van der Waals surface area contributed by atoms with E-state index < -0.39 is 50.1 Å². The third-order valence-electron chi connectivity index (χ3n) is 15.5. The van der Waals surface area contributed by atoms with Gasteiger partial charge in [0.15, 0.2) is 0 Å². The van der Waals surface area contributed by atoms with Crippen LogP contribution in [0.3, 0.4) is 0 Å². The second-order valence-electron chi connectivity index (χ2n) is 20.5. The van der Waals surface area contributed by atoms with E-state index in [1.807, 2.05) is 0 Å². The molecule has 0 radical (unpaired) electrons. The van der Waals surface area contributed by atoms with E-state index in [1.165, 1.54) is 66.7 Å². The Labute approximate surface area is 381 Å². The maximum Gasteiger partial charge on any atom is 0.407 e. The fourth-order valence-corrected chi connectivity index (χ4v) is 12.3. The van der Waals surface area contributed by atoms with Crippen LogP contribution in [0.1, 0.15) is 131 Å². The van der Waals surface area contributed by atoms with Crippen molar-refractivity contribution in [3.63, 3.8) is 0 Å². The van der Waals surface area contributed by atoms with Gasteiger partial charge in [-0.05, 0) is 104 Å². The summed E-state index contributed by atoms with van der Waals surface area (Å²) in [5, 5.41) is 42.7. The van der Waals surface area contributed by atoms with Crippen LogP contribution in [-0.4, -0.2) is 149 Å². The minimum Gasteiger partial charge on any atom is -0.480 e. The van der Waals surface area contributed by atoms with Crippen molar-refractivity contribution < 1.29 is 53.9 Å². The highest BCUT2D eigenvalue weighted by Gasteiger charge is 2.59. The van der Waals surface area contributed by atoms with Gasteiger partial charge in [-0.25, -0.2) is 4.79 Å². The fourth-order valence-electron chi connectivity index (χ4n) is 12.3. The van der Waals surface area contributed by atoms with Crippen LogP contribution in [0, 0.1) is 46.3 Å². The van der Waals surface area contributed by atoms with Gasteiger partial charge in [-0.1, -0.05) is 78.4 Å². The van der Waals surface area contributed by atoms with Crippen molar-refractivity contribution in [1.29, 1.82) is 0 Å². The number of alkyl carbamates (subject to hydrolysis) is 1. The summed E-state index contributed by atoms with van der Waals surface area (Å²) < 4.78 is 5.97. The quantitative estimate of drug-likeness (QED) is 0.0372. The summed E-state index contributed by atoms with van der Waals surface area (Å²) in [5.74, 6) is -0.395. The van der Waals surface area contributed by atoms with Gasteiger partial charge >= 0.3 is 30.0 Å². The molecule has 0 saturated heterocycles. The number of nitrogens with zero attached hydrogens (tertiary/aromatic N) is 3. The molecule has 16 nitrogen and oxygen atoms in total. The maximum absolute atomic E-state index is 12.8. The van der Waals surface area contributed by atoms with Gasteiger partial charge in [0.2, 0.25) is 5.91 Å². The van der Waals surface area contributed by atoms with Crippen molar-refractivity contribution in [3.8, 4) is 0 Å². The van der Waals surface area contributed by atoms with Gasteiger partial charge in [-0.3, -0.25) is 38.7 Å². The summed E-state index contributed by atoms with van der Waals surface area (Å²) in [6.45, 7) is 11.2. The minimum absolute atomic E-state index is 0.0226. The Morgan fingerprint density at radius 2 is 1.23 bits per heavy atom.